The topological polar surface area (TPSA) is 46.1 Å². The van der Waals surface area contributed by atoms with Gasteiger partial charge in [-0.15, -0.1) is 0 Å². The molecule has 0 atom stereocenters. The third kappa shape index (κ3) is 7.04. The molecule has 140 valence electrons. The molecule has 0 amide bonds. The van der Waals surface area contributed by atoms with Crippen molar-refractivity contribution < 1.29 is 9.47 Å². The van der Waals surface area contributed by atoms with Crippen molar-refractivity contribution in [1.29, 1.82) is 0 Å². The molecule has 0 radical (unpaired) electrons. The molecule has 25 heavy (non-hydrogen) atoms. The Hall–Kier alpha value is -1.59. The van der Waals surface area contributed by atoms with E-state index in [9.17, 15) is 0 Å². The van der Waals surface area contributed by atoms with Crippen LogP contribution in [0.5, 0.6) is 0 Å². The van der Waals surface area contributed by atoms with Gasteiger partial charge in [0.15, 0.2) is 5.96 Å². The van der Waals surface area contributed by atoms with Crippen LogP contribution in [0.2, 0.25) is 0 Å². The molecule has 0 aliphatic carbocycles. The Morgan fingerprint density at radius 2 is 2.08 bits per heavy atom. The van der Waals surface area contributed by atoms with Gasteiger partial charge in [-0.2, -0.15) is 0 Å². The van der Waals surface area contributed by atoms with Crippen LogP contribution in [0.4, 0.5) is 0 Å². The van der Waals surface area contributed by atoms with Gasteiger partial charge < -0.3 is 19.7 Å². The molecule has 0 unspecified atom stereocenters. The molecule has 0 bridgehead atoms. The zero-order valence-corrected chi connectivity index (χ0v) is 16.0. The third-order valence-electron chi connectivity index (χ3n) is 4.69. The van der Waals surface area contributed by atoms with Crippen LogP contribution in [-0.4, -0.2) is 57.9 Å². The van der Waals surface area contributed by atoms with Crippen molar-refractivity contribution in [1.82, 2.24) is 10.2 Å². The Morgan fingerprint density at radius 3 is 2.80 bits per heavy atom. The van der Waals surface area contributed by atoms with E-state index in [2.05, 4.69) is 53.4 Å². The highest BCUT2D eigenvalue weighted by molar-refractivity contribution is 5.79. The van der Waals surface area contributed by atoms with Crippen molar-refractivity contribution in [2.24, 2.45) is 10.9 Å². The number of guanidine groups is 1. The molecule has 2 rings (SSSR count). The molecule has 0 spiro atoms. The van der Waals surface area contributed by atoms with Gasteiger partial charge in [-0.05, 0) is 43.2 Å². The van der Waals surface area contributed by atoms with Crippen LogP contribution in [-0.2, 0) is 16.0 Å². The molecule has 1 heterocycles. The Kier molecular flexibility index (Phi) is 8.77. The van der Waals surface area contributed by atoms with Gasteiger partial charge in [-0.3, -0.25) is 4.99 Å². The predicted molar refractivity (Wildman–Crippen MR) is 103 cm³/mol. The van der Waals surface area contributed by atoms with Crippen molar-refractivity contribution in [3.05, 3.63) is 35.4 Å². The van der Waals surface area contributed by atoms with Gasteiger partial charge in [-0.1, -0.05) is 24.3 Å². The van der Waals surface area contributed by atoms with Crippen molar-refractivity contribution in [2.75, 3.05) is 47.1 Å². The minimum absolute atomic E-state index is 0.676. The number of aliphatic imine (C=N–C) groups is 1. The summed E-state index contributed by atoms with van der Waals surface area (Å²) >= 11 is 0. The Bertz CT molecular complexity index is 527. The molecule has 1 aliphatic heterocycles. The van der Waals surface area contributed by atoms with Gasteiger partial charge in [0.2, 0.25) is 0 Å². The lowest BCUT2D eigenvalue weighted by Crippen LogP contribution is -2.39. The fraction of sp³-hybridized carbons (Fsp3) is 0.650. The fourth-order valence-corrected chi connectivity index (χ4v) is 3.04. The third-order valence-corrected chi connectivity index (χ3v) is 4.69. The summed E-state index contributed by atoms with van der Waals surface area (Å²) in [6.07, 6.45) is 3.25. The highest BCUT2D eigenvalue weighted by Gasteiger charge is 2.13. The van der Waals surface area contributed by atoms with E-state index in [0.29, 0.717) is 5.92 Å². The maximum absolute atomic E-state index is 5.81. The van der Waals surface area contributed by atoms with Crippen LogP contribution >= 0.6 is 0 Å². The van der Waals surface area contributed by atoms with E-state index < -0.39 is 0 Å². The molecule has 5 heteroatoms. The molecule has 1 N–H and O–H groups in total. The molecule has 1 saturated heterocycles. The summed E-state index contributed by atoms with van der Waals surface area (Å²) in [5.74, 6) is 1.60. The first-order valence-electron chi connectivity index (χ1n) is 9.32. The standard InChI is InChI=1S/C20H33N3O2/c1-17-7-4-5-8-19(17)15-23(3)20(21-2)22-11-6-12-25-16-18-9-13-24-14-10-18/h4-5,7-8,18H,6,9-16H2,1-3H3,(H,21,22). The summed E-state index contributed by atoms with van der Waals surface area (Å²) in [7, 11) is 3.90. The number of rotatable bonds is 8. The average Bonchev–Trinajstić information content (AvgIpc) is 2.64. The van der Waals surface area contributed by atoms with Crippen LogP contribution in [0.1, 0.15) is 30.4 Å². The van der Waals surface area contributed by atoms with Gasteiger partial charge >= 0.3 is 0 Å². The SMILES string of the molecule is CN=C(NCCCOCC1CCOCC1)N(C)Cc1ccccc1C. The number of benzene rings is 1. The van der Waals surface area contributed by atoms with Crippen LogP contribution in [0.15, 0.2) is 29.3 Å². The molecule has 0 saturated carbocycles. The van der Waals surface area contributed by atoms with E-state index >= 15 is 0 Å². The summed E-state index contributed by atoms with van der Waals surface area (Å²) in [6.45, 7) is 7.31. The molecular formula is C20H33N3O2. The lowest BCUT2D eigenvalue weighted by Gasteiger charge is -2.23. The highest BCUT2D eigenvalue weighted by atomic mass is 16.5. The van der Waals surface area contributed by atoms with Gasteiger partial charge in [-0.25, -0.2) is 0 Å². The van der Waals surface area contributed by atoms with E-state index in [-0.39, 0.29) is 0 Å². The molecule has 1 aliphatic rings. The fourth-order valence-electron chi connectivity index (χ4n) is 3.04. The van der Waals surface area contributed by atoms with E-state index in [1.54, 1.807) is 0 Å². The minimum atomic E-state index is 0.676. The second-order valence-electron chi connectivity index (χ2n) is 6.74. The molecule has 0 aromatic heterocycles. The van der Waals surface area contributed by atoms with Crippen molar-refractivity contribution in [3.8, 4) is 0 Å². The number of aryl methyl sites for hydroxylation is 1. The first-order chi connectivity index (χ1) is 12.2. The van der Waals surface area contributed by atoms with Gasteiger partial charge in [0.1, 0.15) is 0 Å². The largest absolute Gasteiger partial charge is 0.381 e. The lowest BCUT2D eigenvalue weighted by atomic mass is 10.0. The van der Waals surface area contributed by atoms with Crippen LogP contribution in [0.25, 0.3) is 0 Å². The predicted octanol–water partition coefficient (Wildman–Crippen LogP) is 2.84. The number of hydrogen-bond donors (Lipinski definition) is 1. The quantitative estimate of drug-likeness (QED) is 0.446. The Morgan fingerprint density at radius 1 is 1.32 bits per heavy atom. The first kappa shape index (κ1) is 19.7. The maximum Gasteiger partial charge on any atom is 0.193 e. The minimum Gasteiger partial charge on any atom is -0.381 e. The van der Waals surface area contributed by atoms with Gasteiger partial charge in [0, 0.05) is 53.6 Å². The van der Waals surface area contributed by atoms with E-state index in [0.717, 1.165) is 64.7 Å². The van der Waals surface area contributed by atoms with Crippen molar-refractivity contribution >= 4 is 5.96 Å². The molecular weight excluding hydrogens is 314 g/mol. The summed E-state index contributed by atoms with van der Waals surface area (Å²) in [5.41, 5.74) is 2.64. The molecule has 1 aromatic carbocycles. The maximum atomic E-state index is 5.81. The van der Waals surface area contributed by atoms with Crippen LogP contribution in [0, 0.1) is 12.8 Å². The number of ether oxygens (including phenoxy) is 2. The molecule has 1 fully saturated rings. The van der Waals surface area contributed by atoms with E-state index in [4.69, 9.17) is 9.47 Å². The first-order valence-corrected chi connectivity index (χ1v) is 9.32. The van der Waals surface area contributed by atoms with Gasteiger partial charge in [0.05, 0.1) is 0 Å². The van der Waals surface area contributed by atoms with Gasteiger partial charge in [0.25, 0.3) is 0 Å². The second kappa shape index (κ2) is 11.1. The number of nitrogens with one attached hydrogen (secondary N) is 1. The smallest absolute Gasteiger partial charge is 0.193 e. The Labute approximate surface area is 152 Å². The summed E-state index contributed by atoms with van der Waals surface area (Å²) in [4.78, 5) is 6.54. The van der Waals surface area contributed by atoms with Crippen molar-refractivity contribution in [3.63, 3.8) is 0 Å². The molecule has 1 aromatic rings. The number of hydrogen-bond acceptors (Lipinski definition) is 3. The monoisotopic (exact) mass is 347 g/mol. The lowest BCUT2D eigenvalue weighted by molar-refractivity contribution is 0.0203. The second-order valence-corrected chi connectivity index (χ2v) is 6.74. The van der Waals surface area contributed by atoms with Crippen molar-refractivity contribution in [2.45, 2.75) is 32.7 Å². The summed E-state index contributed by atoms with van der Waals surface area (Å²) in [6, 6.07) is 8.48. The van der Waals surface area contributed by atoms with E-state index in [1.165, 1.54) is 11.1 Å². The highest BCUT2D eigenvalue weighted by Crippen LogP contribution is 2.14. The van der Waals surface area contributed by atoms with Crippen LogP contribution < -0.4 is 5.32 Å². The van der Waals surface area contributed by atoms with E-state index in [1.807, 2.05) is 7.05 Å². The zero-order chi connectivity index (χ0) is 17.9. The summed E-state index contributed by atoms with van der Waals surface area (Å²) in [5, 5.41) is 3.42. The van der Waals surface area contributed by atoms with Crippen LogP contribution in [0.3, 0.4) is 0 Å². The average molecular weight is 348 g/mol. The summed E-state index contributed by atoms with van der Waals surface area (Å²) < 4.78 is 11.2. The molecule has 5 nitrogen and oxygen atoms in total. The zero-order valence-electron chi connectivity index (χ0n) is 16.0. The number of nitrogens with zero attached hydrogens (tertiary/aromatic N) is 2. The normalized spacial score (nSPS) is 16.0. The Balaban J connectivity index is 1.62.